The van der Waals surface area contributed by atoms with Gasteiger partial charge in [-0.1, -0.05) is 13.8 Å². The molecular weight excluding hydrogens is 318 g/mol. The predicted octanol–water partition coefficient (Wildman–Crippen LogP) is 2.82. The number of carbonyl (C=O) groups excluding carboxylic acids is 2. The van der Waals surface area contributed by atoms with Crippen molar-refractivity contribution in [3.05, 3.63) is 24.0 Å². The summed E-state index contributed by atoms with van der Waals surface area (Å²) in [7, 11) is 0. The Labute approximate surface area is 147 Å². The van der Waals surface area contributed by atoms with E-state index < -0.39 is 0 Å². The number of urea groups is 1. The van der Waals surface area contributed by atoms with Crippen LogP contribution in [0.2, 0.25) is 0 Å². The van der Waals surface area contributed by atoms with Gasteiger partial charge in [0.15, 0.2) is 0 Å². The number of aromatic nitrogens is 2. The lowest BCUT2D eigenvalue weighted by molar-refractivity contribution is -0.127. The lowest BCUT2D eigenvalue weighted by atomic mass is 10.2. The molecule has 1 fully saturated rings. The SMILES string of the molecule is CC(C)c1nc2ccc(NC(=O)NCCCN3CCCC3=O)cc2[nH]1. The van der Waals surface area contributed by atoms with E-state index >= 15 is 0 Å². The number of nitrogens with zero attached hydrogens (tertiary/aromatic N) is 2. The number of aromatic amines is 1. The third kappa shape index (κ3) is 4.29. The minimum absolute atomic E-state index is 0.220. The monoisotopic (exact) mass is 343 g/mol. The van der Waals surface area contributed by atoms with Crippen molar-refractivity contribution in [1.29, 1.82) is 0 Å². The maximum Gasteiger partial charge on any atom is 0.319 e. The smallest absolute Gasteiger partial charge is 0.319 e. The second-order valence-electron chi connectivity index (χ2n) is 6.73. The average molecular weight is 343 g/mol. The molecule has 7 heteroatoms. The van der Waals surface area contributed by atoms with Gasteiger partial charge in [0, 0.05) is 37.7 Å². The molecule has 1 aromatic heterocycles. The molecule has 3 N–H and O–H groups in total. The first-order chi connectivity index (χ1) is 12.0. The van der Waals surface area contributed by atoms with Crippen molar-refractivity contribution in [2.75, 3.05) is 25.0 Å². The average Bonchev–Trinajstić information content (AvgIpc) is 3.17. The fourth-order valence-electron chi connectivity index (χ4n) is 2.97. The van der Waals surface area contributed by atoms with Gasteiger partial charge in [0.25, 0.3) is 0 Å². The van der Waals surface area contributed by atoms with E-state index in [0.29, 0.717) is 25.4 Å². The van der Waals surface area contributed by atoms with Crippen molar-refractivity contribution < 1.29 is 9.59 Å². The predicted molar refractivity (Wildman–Crippen MR) is 97.6 cm³/mol. The van der Waals surface area contributed by atoms with Gasteiger partial charge in [-0.25, -0.2) is 9.78 Å². The molecule has 1 aliphatic heterocycles. The van der Waals surface area contributed by atoms with Gasteiger partial charge in [-0.3, -0.25) is 4.79 Å². The Hall–Kier alpha value is -2.57. The molecule has 0 saturated carbocycles. The van der Waals surface area contributed by atoms with Crippen molar-refractivity contribution in [1.82, 2.24) is 20.2 Å². The Morgan fingerprint density at radius 3 is 2.96 bits per heavy atom. The lowest BCUT2D eigenvalue weighted by Gasteiger charge is -2.15. The number of anilines is 1. The molecule has 3 amide bonds. The molecule has 0 atom stereocenters. The Bertz CT molecular complexity index is 768. The Morgan fingerprint density at radius 2 is 2.24 bits per heavy atom. The maximum absolute atomic E-state index is 12.0. The van der Waals surface area contributed by atoms with Crippen LogP contribution in [-0.2, 0) is 4.79 Å². The van der Waals surface area contributed by atoms with Gasteiger partial charge in [0.05, 0.1) is 11.0 Å². The zero-order valence-corrected chi connectivity index (χ0v) is 14.8. The van der Waals surface area contributed by atoms with Crippen LogP contribution in [0.3, 0.4) is 0 Å². The van der Waals surface area contributed by atoms with Crippen molar-refractivity contribution in [2.24, 2.45) is 0 Å². The molecule has 7 nitrogen and oxygen atoms in total. The lowest BCUT2D eigenvalue weighted by Crippen LogP contribution is -2.33. The van der Waals surface area contributed by atoms with E-state index in [-0.39, 0.29) is 11.9 Å². The van der Waals surface area contributed by atoms with Gasteiger partial charge in [0.1, 0.15) is 5.82 Å². The largest absolute Gasteiger partial charge is 0.343 e. The van der Waals surface area contributed by atoms with Crippen molar-refractivity contribution in [3.8, 4) is 0 Å². The first-order valence-electron chi connectivity index (χ1n) is 8.85. The summed E-state index contributed by atoms with van der Waals surface area (Å²) in [5.41, 5.74) is 2.53. The van der Waals surface area contributed by atoms with Crippen LogP contribution in [0, 0.1) is 0 Å². The summed E-state index contributed by atoms with van der Waals surface area (Å²) in [6.07, 6.45) is 2.36. The van der Waals surface area contributed by atoms with E-state index in [9.17, 15) is 9.59 Å². The number of rotatable bonds is 6. The van der Waals surface area contributed by atoms with Crippen LogP contribution < -0.4 is 10.6 Å². The summed E-state index contributed by atoms with van der Waals surface area (Å²) in [4.78, 5) is 33.2. The summed E-state index contributed by atoms with van der Waals surface area (Å²) in [6, 6.07) is 5.38. The number of imidazole rings is 1. The van der Waals surface area contributed by atoms with E-state index in [4.69, 9.17) is 0 Å². The van der Waals surface area contributed by atoms with Crippen LogP contribution in [0.4, 0.5) is 10.5 Å². The van der Waals surface area contributed by atoms with E-state index in [1.807, 2.05) is 23.1 Å². The molecule has 1 aromatic carbocycles. The van der Waals surface area contributed by atoms with Crippen molar-refractivity contribution in [3.63, 3.8) is 0 Å². The zero-order valence-electron chi connectivity index (χ0n) is 14.8. The van der Waals surface area contributed by atoms with Crippen molar-refractivity contribution in [2.45, 2.75) is 39.0 Å². The van der Waals surface area contributed by atoms with E-state index in [0.717, 1.165) is 41.9 Å². The highest BCUT2D eigenvalue weighted by molar-refractivity contribution is 5.91. The Kier molecular flexibility index (Phi) is 5.21. The number of carbonyl (C=O) groups is 2. The molecule has 3 rings (SSSR count). The topological polar surface area (TPSA) is 90.1 Å². The van der Waals surface area contributed by atoms with Gasteiger partial charge >= 0.3 is 6.03 Å². The summed E-state index contributed by atoms with van der Waals surface area (Å²) >= 11 is 0. The molecule has 0 bridgehead atoms. The van der Waals surface area contributed by atoms with E-state index in [2.05, 4.69) is 34.4 Å². The quantitative estimate of drug-likeness (QED) is 0.705. The number of benzene rings is 1. The molecule has 0 radical (unpaired) electrons. The standard InChI is InChI=1S/C18H25N5O2/c1-12(2)17-21-14-7-6-13(11-15(14)22-17)20-18(25)19-8-4-10-23-9-3-5-16(23)24/h6-7,11-12H,3-5,8-10H2,1-2H3,(H,21,22)(H2,19,20,25). The van der Waals surface area contributed by atoms with Crippen LogP contribution in [0.15, 0.2) is 18.2 Å². The summed E-state index contributed by atoms with van der Waals surface area (Å²) in [5, 5.41) is 5.66. The summed E-state index contributed by atoms with van der Waals surface area (Å²) < 4.78 is 0. The highest BCUT2D eigenvalue weighted by Crippen LogP contribution is 2.20. The number of nitrogens with one attached hydrogen (secondary N) is 3. The fourth-order valence-corrected chi connectivity index (χ4v) is 2.97. The van der Waals surface area contributed by atoms with Crippen LogP contribution in [0.25, 0.3) is 11.0 Å². The van der Waals surface area contributed by atoms with E-state index in [1.54, 1.807) is 0 Å². The molecule has 2 aromatic rings. The molecule has 0 aliphatic carbocycles. The van der Waals surface area contributed by atoms with Crippen LogP contribution in [0.5, 0.6) is 0 Å². The normalized spacial score (nSPS) is 14.5. The number of hydrogen-bond acceptors (Lipinski definition) is 3. The molecule has 0 unspecified atom stereocenters. The first-order valence-corrected chi connectivity index (χ1v) is 8.85. The summed E-state index contributed by atoms with van der Waals surface area (Å²) in [6.45, 7) is 6.25. The minimum Gasteiger partial charge on any atom is -0.343 e. The number of amides is 3. The second kappa shape index (κ2) is 7.55. The summed E-state index contributed by atoms with van der Waals surface area (Å²) in [5.74, 6) is 1.49. The molecule has 25 heavy (non-hydrogen) atoms. The van der Waals surface area contributed by atoms with Crippen LogP contribution in [0.1, 0.15) is 44.9 Å². The third-order valence-corrected chi connectivity index (χ3v) is 4.37. The molecule has 134 valence electrons. The van der Waals surface area contributed by atoms with Crippen molar-refractivity contribution >= 4 is 28.7 Å². The number of H-pyrrole nitrogens is 1. The molecule has 1 aliphatic rings. The van der Waals surface area contributed by atoms with Gasteiger partial charge in [0.2, 0.25) is 5.91 Å². The number of hydrogen-bond donors (Lipinski definition) is 3. The number of fused-ring (bicyclic) bond motifs is 1. The third-order valence-electron chi connectivity index (χ3n) is 4.37. The fraction of sp³-hybridized carbons (Fsp3) is 0.500. The Balaban J connectivity index is 1.47. The highest BCUT2D eigenvalue weighted by atomic mass is 16.2. The van der Waals surface area contributed by atoms with Crippen LogP contribution >= 0.6 is 0 Å². The van der Waals surface area contributed by atoms with Gasteiger partial charge in [-0.15, -0.1) is 0 Å². The Morgan fingerprint density at radius 1 is 1.40 bits per heavy atom. The molecular formula is C18H25N5O2. The molecule has 2 heterocycles. The minimum atomic E-state index is -0.240. The zero-order chi connectivity index (χ0) is 17.8. The van der Waals surface area contributed by atoms with E-state index in [1.165, 1.54) is 0 Å². The van der Waals surface area contributed by atoms with Gasteiger partial charge < -0.3 is 20.5 Å². The number of likely N-dealkylation sites (tertiary alicyclic amines) is 1. The van der Waals surface area contributed by atoms with Gasteiger partial charge in [-0.2, -0.15) is 0 Å². The van der Waals surface area contributed by atoms with Crippen LogP contribution in [-0.4, -0.2) is 46.4 Å². The molecule has 1 saturated heterocycles. The highest BCUT2D eigenvalue weighted by Gasteiger charge is 2.19. The second-order valence-corrected chi connectivity index (χ2v) is 6.73. The maximum atomic E-state index is 12.0. The van der Waals surface area contributed by atoms with Gasteiger partial charge in [-0.05, 0) is 31.0 Å². The molecule has 0 spiro atoms. The first kappa shape index (κ1) is 17.3.